The van der Waals surface area contributed by atoms with Crippen LogP contribution in [0.4, 0.5) is 10.3 Å². The first-order chi connectivity index (χ1) is 12.6. The molecule has 2 N–H and O–H groups in total. The Balaban J connectivity index is 1.61. The smallest absolute Gasteiger partial charge is 0.249 e. The second-order valence-electron chi connectivity index (χ2n) is 6.54. The van der Waals surface area contributed by atoms with Crippen molar-refractivity contribution in [2.75, 3.05) is 25.6 Å². The summed E-state index contributed by atoms with van der Waals surface area (Å²) in [7, 11) is 1.47. The summed E-state index contributed by atoms with van der Waals surface area (Å²) < 4.78 is 24.4. The first-order valence-corrected chi connectivity index (χ1v) is 8.71. The highest BCUT2D eigenvalue weighted by atomic mass is 19.1. The summed E-state index contributed by atoms with van der Waals surface area (Å²) in [6.07, 6.45) is 2.78. The summed E-state index contributed by atoms with van der Waals surface area (Å²) >= 11 is 0. The number of hydrogen-bond acceptors (Lipinski definition) is 5. The predicted octanol–water partition coefficient (Wildman–Crippen LogP) is 3.01. The van der Waals surface area contributed by atoms with Crippen LogP contribution in [0.5, 0.6) is 5.75 Å². The maximum Gasteiger partial charge on any atom is 0.249 e. The molecule has 1 unspecified atom stereocenters. The lowest BCUT2D eigenvalue weighted by atomic mass is 9.89. The molecule has 7 nitrogen and oxygen atoms in total. The van der Waals surface area contributed by atoms with Crippen LogP contribution in [0.1, 0.15) is 26.2 Å². The number of methoxy groups -OCH3 is 1. The van der Waals surface area contributed by atoms with E-state index in [1.165, 1.54) is 13.2 Å². The van der Waals surface area contributed by atoms with E-state index in [1.807, 2.05) is 6.92 Å². The number of carbonyl (C=O) groups excluding carboxylic acids is 1. The number of rotatable bonds is 6. The Morgan fingerprint density at radius 1 is 1.46 bits per heavy atom. The van der Waals surface area contributed by atoms with Crippen LogP contribution in [0.15, 0.2) is 18.2 Å². The van der Waals surface area contributed by atoms with Crippen molar-refractivity contribution in [3.63, 3.8) is 0 Å². The Kier molecular flexibility index (Phi) is 5.82. The summed E-state index contributed by atoms with van der Waals surface area (Å²) in [5, 5.41) is 9.30. The number of carbonyl (C=O) groups is 1. The number of benzene rings is 1. The van der Waals surface area contributed by atoms with E-state index < -0.39 is 5.82 Å². The molecule has 1 aromatic carbocycles. The van der Waals surface area contributed by atoms with Gasteiger partial charge in [-0.1, -0.05) is 6.92 Å². The fourth-order valence-electron chi connectivity index (χ4n) is 3.08. The number of nitrogens with zero attached hydrogens (tertiary/aromatic N) is 2. The first kappa shape index (κ1) is 18.3. The SMILES string of the molecule is COc1ccc(-c2nc(NC(=O)C(C)CC3CCOCC3)n[nH]2)c(F)c1. The van der Waals surface area contributed by atoms with Crippen molar-refractivity contribution in [3.8, 4) is 17.1 Å². The molecule has 26 heavy (non-hydrogen) atoms. The van der Waals surface area contributed by atoms with Gasteiger partial charge in [-0.25, -0.2) is 4.39 Å². The number of aromatic nitrogens is 3. The molecule has 1 fully saturated rings. The molecule has 0 spiro atoms. The lowest BCUT2D eigenvalue weighted by Crippen LogP contribution is -2.25. The van der Waals surface area contributed by atoms with E-state index in [0.29, 0.717) is 11.7 Å². The molecule has 3 rings (SSSR count). The van der Waals surface area contributed by atoms with Gasteiger partial charge in [0.25, 0.3) is 0 Å². The zero-order valence-electron chi connectivity index (χ0n) is 14.9. The van der Waals surface area contributed by atoms with Gasteiger partial charge in [-0.05, 0) is 37.3 Å². The number of aromatic amines is 1. The Bertz CT molecular complexity index is 759. The van der Waals surface area contributed by atoms with Crippen LogP contribution in [-0.2, 0) is 9.53 Å². The van der Waals surface area contributed by atoms with Crippen molar-refractivity contribution in [1.82, 2.24) is 15.2 Å². The first-order valence-electron chi connectivity index (χ1n) is 8.71. The van der Waals surface area contributed by atoms with E-state index in [9.17, 15) is 9.18 Å². The van der Waals surface area contributed by atoms with Gasteiger partial charge < -0.3 is 9.47 Å². The molecule has 0 bridgehead atoms. The summed E-state index contributed by atoms with van der Waals surface area (Å²) in [5.74, 6) is 0.527. The number of H-pyrrole nitrogens is 1. The minimum atomic E-state index is -0.480. The number of anilines is 1. The van der Waals surface area contributed by atoms with Crippen LogP contribution in [0.25, 0.3) is 11.4 Å². The second kappa shape index (κ2) is 8.27. The van der Waals surface area contributed by atoms with Crippen molar-refractivity contribution in [2.24, 2.45) is 11.8 Å². The average Bonchev–Trinajstić information content (AvgIpc) is 3.10. The van der Waals surface area contributed by atoms with Crippen LogP contribution in [-0.4, -0.2) is 41.4 Å². The van der Waals surface area contributed by atoms with Crippen LogP contribution >= 0.6 is 0 Å². The minimum absolute atomic E-state index is 0.138. The molecule has 8 heteroatoms. The van der Waals surface area contributed by atoms with Gasteiger partial charge in [0.2, 0.25) is 11.9 Å². The van der Waals surface area contributed by atoms with E-state index >= 15 is 0 Å². The maximum absolute atomic E-state index is 14.1. The topological polar surface area (TPSA) is 89.1 Å². The quantitative estimate of drug-likeness (QED) is 0.825. The fourth-order valence-corrected chi connectivity index (χ4v) is 3.08. The Hall–Kier alpha value is -2.48. The van der Waals surface area contributed by atoms with E-state index in [-0.39, 0.29) is 29.2 Å². The highest BCUT2D eigenvalue weighted by Crippen LogP contribution is 2.25. The minimum Gasteiger partial charge on any atom is -0.497 e. The summed E-state index contributed by atoms with van der Waals surface area (Å²) in [4.78, 5) is 16.5. The van der Waals surface area contributed by atoms with E-state index in [1.54, 1.807) is 12.1 Å². The van der Waals surface area contributed by atoms with Gasteiger partial charge >= 0.3 is 0 Å². The van der Waals surface area contributed by atoms with Crippen molar-refractivity contribution < 1.29 is 18.7 Å². The normalized spacial score (nSPS) is 16.3. The van der Waals surface area contributed by atoms with Gasteiger partial charge in [-0.3, -0.25) is 15.2 Å². The van der Waals surface area contributed by atoms with E-state index in [4.69, 9.17) is 9.47 Å². The third-order valence-electron chi connectivity index (χ3n) is 4.63. The summed E-state index contributed by atoms with van der Waals surface area (Å²) in [6, 6.07) is 4.45. The molecule has 0 radical (unpaired) electrons. The average molecular weight is 362 g/mol. The van der Waals surface area contributed by atoms with E-state index in [2.05, 4.69) is 20.5 Å². The van der Waals surface area contributed by atoms with Crippen molar-refractivity contribution in [2.45, 2.75) is 26.2 Å². The summed E-state index contributed by atoms with van der Waals surface area (Å²) in [5.41, 5.74) is 0.258. The van der Waals surface area contributed by atoms with Gasteiger partial charge in [0.05, 0.1) is 12.7 Å². The monoisotopic (exact) mass is 362 g/mol. The van der Waals surface area contributed by atoms with Gasteiger partial charge in [0.15, 0.2) is 5.82 Å². The second-order valence-corrected chi connectivity index (χ2v) is 6.54. The van der Waals surface area contributed by atoms with Crippen LogP contribution in [0.2, 0.25) is 0 Å². The molecule has 0 aliphatic carbocycles. The molecule has 1 amide bonds. The summed E-state index contributed by atoms with van der Waals surface area (Å²) in [6.45, 7) is 3.41. The zero-order valence-corrected chi connectivity index (χ0v) is 14.9. The van der Waals surface area contributed by atoms with Gasteiger partial charge in [-0.2, -0.15) is 4.98 Å². The van der Waals surface area contributed by atoms with Crippen molar-refractivity contribution >= 4 is 11.9 Å². The number of amides is 1. The lowest BCUT2D eigenvalue weighted by molar-refractivity contribution is -0.120. The molecule has 1 atom stereocenters. The Morgan fingerprint density at radius 2 is 2.23 bits per heavy atom. The van der Waals surface area contributed by atoms with Gasteiger partial charge in [-0.15, -0.1) is 5.10 Å². The van der Waals surface area contributed by atoms with Gasteiger partial charge in [0.1, 0.15) is 11.6 Å². The largest absolute Gasteiger partial charge is 0.497 e. The molecule has 0 saturated carbocycles. The Morgan fingerprint density at radius 3 is 2.92 bits per heavy atom. The molecule has 2 heterocycles. The molecule has 140 valence electrons. The van der Waals surface area contributed by atoms with Crippen LogP contribution in [0, 0.1) is 17.7 Å². The molecule has 2 aromatic rings. The highest BCUT2D eigenvalue weighted by Gasteiger charge is 2.22. The van der Waals surface area contributed by atoms with Gasteiger partial charge in [0, 0.05) is 25.2 Å². The number of nitrogens with one attached hydrogen (secondary N) is 2. The van der Waals surface area contributed by atoms with Crippen molar-refractivity contribution in [3.05, 3.63) is 24.0 Å². The lowest BCUT2D eigenvalue weighted by Gasteiger charge is -2.24. The molecule has 1 aliphatic rings. The number of hydrogen-bond donors (Lipinski definition) is 2. The van der Waals surface area contributed by atoms with Crippen LogP contribution in [0.3, 0.4) is 0 Å². The molecular formula is C18H23FN4O3. The van der Waals surface area contributed by atoms with Crippen LogP contribution < -0.4 is 10.1 Å². The molecule has 1 aromatic heterocycles. The molecule has 1 aliphatic heterocycles. The van der Waals surface area contributed by atoms with E-state index in [0.717, 1.165) is 32.5 Å². The number of halogens is 1. The maximum atomic E-state index is 14.1. The van der Waals surface area contributed by atoms with Crippen molar-refractivity contribution in [1.29, 1.82) is 0 Å². The predicted molar refractivity (Wildman–Crippen MR) is 94.3 cm³/mol. The highest BCUT2D eigenvalue weighted by molar-refractivity contribution is 5.90. The fraction of sp³-hybridized carbons (Fsp3) is 0.500. The number of ether oxygens (including phenoxy) is 2. The molecular weight excluding hydrogens is 339 g/mol. The standard InChI is InChI=1S/C18H23FN4O3/c1-11(9-12-5-7-26-8-6-12)17(24)21-18-20-16(22-23-18)14-4-3-13(25-2)10-15(14)19/h3-4,10-12H,5-9H2,1-2H3,(H2,20,21,22,23,24). The third-order valence-corrected chi connectivity index (χ3v) is 4.63. The zero-order chi connectivity index (χ0) is 18.5. The molecule has 1 saturated heterocycles. The Labute approximate surface area is 151 Å². The third kappa shape index (κ3) is 4.37.